The maximum atomic E-state index is 5.44. The molecule has 0 bridgehead atoms. The molecular formula is C12H23N7S. The first-order valence-corrected chi connectivity index (χ1v) is 8.35. The summed E-state index contributed by atoms with van der Waals surface area (Å²) in [6, 6.07) is 0.321. The van der Waals surface area contributed by atoms with Crippen LogP contribution < -0.4 is 21.5 Å². The van der Waals surface area contributed by atoms with Gasteiger partial charge in [0.05, 0.1) is 0 Å². The molecule has 1 unspecified atom stereocenters. The predicted molar refractivity (Wildman–Crippen MR) is 85.2 cm³/mol. The van der Waals surface area contributed by atoms with Gasteiger partial charge in [0.2, 0.25) is 17.8 Å². The Balaban J connectivity index is 2.08. The molecule has 0 saturated carbocycles. The Labute approximate surface area is 124 Å². The van der Waals surface area contributed by atoms with Crippen molar-refractivity contribution < 1.29 is 0 Å². The quantitative estimate of drug-likeness (QED) is 0.512. The van der Waals surface area contributed by atoms with Crippen molar-refractivity contribution in [1.82, 2.24) is 15.0 Å². The minimum atomic E-state index is 0.321. The Hall–Kier alpha value is -1.28. The molecule has 8 heteroatoms. The number of hydrazine groups is 1. The van der Waals surface area contributed by atoms with Gasteiger partial charge in [-0.1, -0.05) is 0 Å². The van der Waals surface area contributed by atoms with Crippen molar-refractivity contribution in [3.63, 3.8) is 0 Å². The van der Waals surface area contributed by atoms with Crippen LogP contribution in [-0.4, -0.2) is 46.1 Å². The highest BCUT2D eigenvalue weighted by Crippen LogP contribution is 2.18. The molecule has 20 heavy (non-hydrogen) atoms. The van der Waals surface area contributed by atoms with Gasteiger partial charge in [0, 0.05) is 19.1 Å². The molecule has 0 amide bonds. The number of thioether (sulfide) groups is 1. The van der Waals surface area contributed by atoms with Gasteiger partial charge in [-0.2, -0.15) is 26.7 Å². The predicted octanol–water partition coefficient (Wildman–Crippen LogP) is 1.31. The van der Waals surface area contributed by atoms with E-state index < -0.39 is 0 Å². The number of hydrogen-bond acceptors (Lipinski definition) is 8. The van der Waals surface area contributed by atoms with Gasteiger partial charge in [-0.05, 0) is 38.2 Å². The summed E-state index contributed by atoms with van der Waals surface area (Å²) in [7, 11) is 0. The van der Waals surface area contributed by atoms with E-state index in [1.165, 1.54) is 12.8 Å². The molecular weight excluding hydrogens is 274 g/mol. The van der Waals surface area contributed by atoms with Crippen molar-refractivity contribution in [3.05, 3.63) is 0 Å². The highest BCUT2D eigenvalue weighted by molar-refractivity contribution is 7.98. The van der Waals surface area contributed by atoms with Crippen LogP contribution in [0, 0.1) is 0 Å². The first kappa shape index (κ1) is 15.1. The minimum Gasteiger partial charge on any atom is -0.352 e. The zero-order chi connectivity index (χ0) is 14.4. The number of nitrogen functional groups attached to an aromatic ring is 1. The SMILES string of the molecule is CSCCC(C)Nc1nc(NN)nc(N2CCCC2)n1. The lowest BCUT2D eigenvalue weighted by atomic mass is 10.3. The van der Waals surface area contributed by atoms with Crippen LogP contribution >= 0.6 is 11.8 Å². The van der Waals surface area contributed by atoms with Crippen LogP contribution in [0.2, 0.25) is 0 Å². The van der Waals surface area contributed by atoms with Crippen LogP contribution in [-0.2, 0) is 0 Å². The number of aromatic nitrogens is 3. The van der Waals surface area contributed by atoms with Crippen LogP contribution in [0.1, 0.15) is 26.2 Å². The van der Waals surface area contributed by atoms with Crippen molar-refractivity contribution in [3.8, 4) is 0 Å². The number of nitrogens with zero attached hydrogens (tertiary/aromatic N) is 4. The number of nitrogens with one attached hydrogen (secondary N) is 2. The van der Waals surface area contributed by atoms with Gasteiger partial charge < -0.3 is 10.2 Å². The molecule has 112 valence electrons. The second-order valence-corrected chi connectivity index (χ2v) is 5.93. The zero-order valence-electron chi connectivity index (χ0n) is 12.1. The lowest BCUT2D eigenvalue weighted by Crippen LogP contribution is -2.25. The Morgan fingerprint density at radius 2 is 1.95 bits per heavy atom. The highest BCUT2D eigenvalue weighted by Gasteiger charge is 2.17. The van der Waals surface area contributed by atoms with E-state index in [1.807, 2.05) is 11.8 Å². The summed E-state index contributed by atoms with van der Waals surface area (Å²) in [5, 5.41) is 3.32. The third-order valence-electron chi connectivity index (χ3n) is 3.27. The normalized spacial score (nSPS) is 16.2. The smallest absolute Gasteiger partial charge is 0.243 e. The topological polar surface area (TPSA) is 92.0 Å². The lowest BCUT2D eigenvalue weighted by molar-refractivity contribution is 0.755. The average Bonchev–Trinajstić information content (AvgIpc) is 2.99. The molecule has 0 aliphatic carbocycles. The molecule has 1 saturated heterocycles. The molecule has 0 aromatic carbocycles. The molecule has 0 spiro atoms. The Morgan fingerprint density at radius 1 is 1.25 bits per heavy atom. The van der Waals surface area contributed by atoms with E-state index in [9.17, 15) is 0 Å². The maximum Gasteiger partial charge on any atom is 0.243 e. The van der Waals surface area contributed by atoms with Crippen LogP contribution in [0.15, 0.2) is 0 Å². The van der Waals surface area contributed by atoms with E-state index in [-0.39, 0.29) is 0 Å². The summed E-state index contributed by atoms with van der Waals surface area (Å²) in [6.07, 6.45) is 5.54. The largest absolute Gasteiger partial charge is 0.352 e. The molecule has 2 heterocycles. The molecule has 0 radical (unpaired) electrons. The summed E-state index contributed by atoms with van der Waals surface area (Å²) in [5.74, 6) is 8.25. The van der Waals surface area contributed by atoms with Crippen LogP contribution in [0.25, 0.3) is 0 Å². The van der Waals surface area contributed by atoms with Gasteiger partial charge >= 0.3 is 0 Å². The average molecular weight is 297 g/mol. The number of nitrogens with two attached hydrogens (primary N) is 1. The summed E-state index contributed by atoms with van der Waals surface area (Å²) < 4.78 is 0. The van der Waals surface area contributed by atoms with Crippen molar-refractivity contribution in [2.75, 3.05) is 40.7 Å². The maximum absolute atomic E-state index is 5.44. The second kappa shape index (κ2) is 7.49. The number of anilines is 3. The Bertz CT molecular complexity index is 422. The van der Waals surface area contributed by atoms with E-state index >= 15 is 0 Å². The lowest BCUT2D eigenvalue weighted by Gasteiger charge is -2.18. The highest BCUT2D eigenvalue weighted by atomic mass is 32.2. The Kier molecular flexibility index (Phi) is 5.66. The van der Waals surface area contributed by atoms with Gasteiger partial charge in [-0.25, -0.2) is 5.84 Å². The standard InChI is InChI=1S/C12H23N7S/c1-9(5-8-20-2)14-10-15-11(18-13)17-12(16-10)19-6-3-4-7-19/h9H,3-8,13H2,1-2H3,(H2,14,15,16,17,18). The fourth-order valence-corrected chi connectivity index (χ4v) is 2.73. The fourth-order valence-electron chi connectivity index (χ4n) is 2.14. The molecule has 7 nitrogen and oxygen atoms in total. The summed E-state index contributed by atoms with van der Waals surface area (Å²) >= 11 is 1.84. The molecule has 1 aromatic heterocycles. The van der Waals surface area contributed by atoms with Crippen molar-refractivity contribution >= 4 is 29.6 Å². The van der Waals surface area contributed by atoms with Gasteiger partial charge in [-0.3, -0.25) is 5.43 Å². The van der Waals surface area contributed by atoms with Gasteiger partial charge in [0.1, 0.15) is 0 Å². The Morgan fingerprint density at radius 3 is 2.60 bits per heavy atom. The van der Waals surface area contributed by atoms with Gasteiger partial charge in [0.15, 0.2) is 0 Å². The monoisotopic (exact) mass is 297 g/mol. The van der Waals surface area contributed by atoms with E-state index in [4.69, 9.17) is 5.84 Å². The second-order valence-electron chi connectivity index (χ2n) is 4.95. The van der Waals surface area contributed by atoms with Crippen LogP contribution in [0.5, 0.6) is 0 Å². The molecule has 4 N–H and O–H groups in total. The van der Waals surface area contributed by atoms with Crippen molar-refractivity contribution in [2.45, 2.75) is 32.2 Å². The molecule has 2 rings (SSSR count). The minimum absolute atomic E-state index is 0.321. The fraction of sp³-hybridized carbons (Fsp3) is 0.750. The number of rotatable bonds is 7. The first-order valence-electron chi connectivity index (χ1n) is 6.96. The summed E-state index contributed by atoms with van der Waals surface area (Å²) in [6.45, 7) is 4.12. The van der Waals surface area contributed by atoms with Crippen LogP contribution in [0.4, 0.5) is 17.8 Å². The zero-order valence-corrected chi connectivity index (χ0v) is 12.9. The number of hydrogen-bond donors (Lipinski definition) is 3. The van der Waals surface area contributed by atoms with Crippen molar-refractivity contribution in [2.24, 2.45) is 5.84 Å². The summed E-state index contributed by atoms with van der Waals surface area (Å²) in [4.78, 5) is 15.3. The molecule has 1 aliphatic heterocycles. The molecule has 1 fully saturated rings. The molecule has 1 aliphatic rings. The van der Waals surface area contributed by atoms with E-state index in [2.05, 4.69) is 43.8 Å². The van der Waals surface area contributed by atoms with E-state index in [1.54, 1.807) is 0 Å². The van der Waals surface area contributed by atoms with Crippen LogP contribution in [0.3, 0.4) is 0 Å². The van der Waals surface area contributed by atoms with E-state index in [0.717, 1.165) is 25.3 Å². The van der Waals surface area contributed by atoms with Crippen molar-refractivity contribution in [1.29, 1.82) is 0 Å². The first-order chi connectivity index (χ1) is 9.72. The molecule has 1 aromatic rings. The van der Waals surface area contributed by atoms with E-state index in [0.29, 0.717) is 23.9 Å². The summed E-state index contributed by atoms with van der Waals surface area (Å²) in [5.41, 5.74) is 2.51. The third-order valence-corrected chi connectivity index (χ3v) is 3.92. The molecule has 1 atom stereocenters. The van der Waals surface area contributed by atoms with Gasteiger partial charge in [-0.15, -0.1) is 0 Å². The third kappa shape index (κ3) is 4.11. The van der Waals surface area contributed by atoms with Gasteiger partial charge in [0.25, 0.3) is 0 Å².